The third-order valence-electron chi connectivity index (χ3n) is 3.79. The lowest BCUT2D eigenvalue weighted by molar-refractivity contribution is 0.0978. The van der Waals surface area contributed by atoms with Gasteiger partial charge in [0, 0.05) is 10.6 Å². The zero-order chi connectivity index (χ0) is 15.6. The first-order valence-electron chi connectivity index (χ1n) is 6.71. The molecule has 2 aromatic rings. The highest BCUT2D eigenvalue weighted by molar-refractivity contribution is 6.32. The molecule has 1 atom stereocenters. The number of ketones is 1. The summed E-state index contributed by atoms with van der Waals surface area (Å²) in [4.78, 5) is 12.7. The molecule has 0 amide bonds. The summed E-state index contributed by atoms with van der Waals surface area (Å²) in [5.74, 6) is -1.01. The average molecular weight is 298 g/mol. The summed E-state index contributed by atoms with van der Waals surface area (Å²) in [5, 5.41) is 9.97. The SMILES string of the molecule is Cc1ccc(C(C#N)C(=O)c2cccc(Cl)c2C)cc1C. The lowest BCUT2D eigenvalue weighted by atomic mass is 9.88. The summed E-state index contributed by atoms with van der Waals surface area (Å²) >= 11 is 6.06. The molecule has 3 heteroatoms. The molecule has 21 heavy (non-hydrogen) atoms. The van der Waals surface area contributed by atoms with E-state index < -0.39 is 5.92 Å². The van der Waals surface area contributed by atoms with Crippen molar-refractivity contribution >= 4 is 17.4 Å². The zero-order valence-corrected chi connectivity index (χ0v) is 13.0. The van der Waals surface area contributed by atoms with Crippen molar-refractivity contribution in [1.82, 2.24) is 0 Å². The Kier molecular flexibility index (Phi) is 4.45. The van der Waals surface area contributed by atoms with Crippen LogP contribution in [0.5, 0.6) is 0 Å². The van der Waals surface area contributed by atoms with E-state index in [-0.39, 0.29) is 5.78 Å². The summed E-state index contributed by atoms with van der Waals surface area (Å²) in [5.41, 5.74) is 4.16. The third-order valence-corrected chi connectivity index (χ3v) is 4.20. The second-order valence-corrected chi connectivity index (χ2v) is 5.59. The second kappa shape index (κ2) is 6.11. The predicted octanol–water partition coefficient (Wildman–Crippen LogP) is 4.76. The van der Waals surface area contributed by atoms with E-state index in [0.717, 1.165) is 16.7 Å². The average Bonchev–Trinajstić information content (AvgIpc) is 2.46. The Morgan fingerprint density at radius 2 is 1.86 bits per heavy atom. The summed E-state index contributed by atoms with van der Waals surface area (Å²) in [7, 11) is 0. The van der Waals surface area contributed by atoms with E-state index >= 15 is 0 Å². The molecule has 2 aromatic carbocycles. The van der Waals surface area contributed by atoms with Gasteiger partial charge in [0.05, 0.1) is 6.07 Å². The molecule has 106 valence electrons. The van der Waals surface area contributed by atoms with Crippen LogP contribution in [0.2, 0.25) is 5.02 Å². The van der Waals surface area contributed by atoms with Crippen molar-refractivity contribution in [3.05, 3.63) is 69.2 Å². The Bertz CT molecular complexity index is 743. The largest absolute Gasteiger partial charge is 0.292 e. The molecule has 0 radical (unpaired) electrons. The van der Waals surface area contributed by atoms with Gasteiger partial charge < -0.3 is 0 Å². The number of benzene rings is 2. The molecule has 2 rings (SSSR count). The van der Waals surface area contributed by atoms with E-state index in [0.29, 0.717) is 16.1 Å². The first-order valence-corrected chi connectivity index (χ1v) is 7.09. The first kappa shape index (κ1) is 15.3. The summed E-state index contributed by atoms with van der Waals surface area (Å²) in [6.45, 7) is 5.77. The van der Waals surface area contributed by atoms with Gasteiger partial charge in [-0.3, -0.25) is 4.79 Å². The van der Waals surface area contributed by atoms with Crippen LogP contribution in [0.4, 0.5) is 0 Å². The van der Waals surface area contributed by atoms with Gasteiger partial charge in [-0.15, -0.1) is 0 Å². The van der Waals surface area contributed by atoms with Gasteiger partial charge in [0.15, 0.2) is 5.78 Å². The van der Waals surface area contributed by atoms with Crippen LogP contribution in [0.25, 0.3) is 0 Å². The van der Waals surface area contributed by atoms with Crippen molar-refractivity contribution in [3.8, 4) is 6.07 Å². The molecular formula is C18H16ClNO. The molecule has 2 nitrogen and oxygen atoms in total. The molecule has 0 aliphatic rings. The lowest BCUT2D eigenvalue weighted by Gasteiger charge is -2.13. The Morgan fingerprint density at radius 1 is 1.14 bits per heavy atom. The summed E-state index contributed by atoms with van der Waals surface area (Å²) < 4.78 is 0. The monoisotopic (exact) mass is 297 g/mol. The lowest BCUT2D eigenvalue weighted by Crippen LogP contribution is -2.13. The van der Waals surface area contributed by atoms with Crippen molar-refractivity contribution in [2.45, 2.75) is 26.7 Å². The fraction of sp³-hybridized carbons (Fsp3) is 0.222. The second-order valence-electron chi connectivity index (χ2n) is 5.18. The van der Waals surface area contributed by atoms with Crippen molar-refractivity contribution in [1.29, 1.82) is 5.26 Å². The summed E-state index contributed by atoms with van der Waals surface area (Å²) in [6, 6.07) is 13.0. The Hall–Kier alpha value is -2.11. The smallest absolute Gasteiger partial charge is 0.184 e. The number of rotatable bonds is 3. The van der Waals surface area contributed by atoms with E-state index in [4.69, 9.17) is 11.6 Å². The fourth-order valence-corrected chi connectivity index (χ4v) is 2.43. The maximum Gasteiger partial charge on any atom is 0.184 e. The van der Waals surface area contributed by atoms with Crippen LogP contribution in [0.1, 0.15) is 38.5 Å². The van der Waals surface area contributed by atoms with Gasteiger partial charge >= 0.3 is 0 Å². The molecule has 0 aliphatic carbocycles. The molecule has 0 bridgehead atoms. The summed E-state index contributed by atoms with van der Waals surface area (Å²) in [6.07, 6.45) is 0. The van der Waals surface area contributed by atoms with E-state index in [1.807, 2.05) is 32.0 Å². The highest BCUT2D eigenvalue weighted by Gasteiger charge is 2.24. The van der Waals surface area contributed by atoms with Gasteiger partial charge in [0.2, 0.25) is 0 Å². The number of carbonyl (C=O) groups excluding carboxylic acids is 1. The van der Waals surface area contributed by atoms with Crippen molar-refractivity contribution in [2.75, 3.05) is 0 Å². The molecule has 0 aliphatic heterocycles. The van der Waals surface area contributed by atoms with Crippen molar-refractivity contribution < 1.29 is 4.79 Å². The minimum absolute atomic E-state index is 0.208. The van der Waals surface area contributed by atoms with Gasteiger partial charge in [-0.2, -0.15) is 5.26 Å². The van der Waals surface area contributed by atoms with Crippen molar-refractivity contribution in [2.24, 2.45) is 0 Å². The molecule has 0 N–H and O–H groups in total. The van der Waals surface area contributed by atoms with Gasteiger partial charge in [-0.05, 0) is 49.1 Å². The van der Waals surface area contributed by atoms with Gasteiger partial charge in [-0.1, -0.05) is 41.9 Å². The zero-order valence-electron chi connectivity index (χ0n) is 12.3. The highest BCUT2D eigenvalue weighted by Crippen LogP contribution is 2.26. The maximum atomic E-state index is 12.7. The standard InChI is InChI=1S/C18H16ClNO/c1-11-7-8-14(9-12(11)2)16(10-20)18(21)15-5-4-6-17(19)13(15)3/h4-9,16H,1-3H3. The van der Waals surface area contributed by atoms with Gasteiger partial charge in [0.25, 0.3) is 0 Å². The highest BCUT2D eigenvalue weighted by atomic mass is 35.5. The van der Waals surface area contributed by atoms with E-state index in [2.05, 4.69) is 6.07 Å². The number of nitriles is 1. The topological polar surface area (TPSA) is 40.9 Å². The van der Waals surface area contributed by atoms with Crippen LogP contribution in [0, 0.1) is 32.1 Å². The number of nitrogens with zero attached hydrogens (tertiary/aromatic N) is 1. The van der Waals surface area contributed by atoms with E-state index in [9.17, 15) is 10.1 Å². The molecule has 0 fully saturated rings. The Morgan fingerprint density at radius 3 is 2.48 bits per heavy atom. The molecule has 0 saturated carbocycles. The van der Waals surface area contributed by atoms with Gasteiger partial charge in [-0.25, -0.2) is 0 Å². The van der Waals surface area contributed by atoms with E-state index in [1.54, 1.807) is 25.1 Å². The molecule has 0 saturated heterocycles. The van der Waals surface area contributed by atoms with Crippen LogP contribution in [-0.4, -0.2) is 5.78 Å². The number of hydrogen-bond donors (Lipinski definition) is 0. The predicted molar refractivity (Wildman–Crippen MR) is 84.8 cm³/mol. The molecule has 0 heterocycles. The molecular weight excluding hydrogens is 282 g/mol. The van der Waals surface area contributed by atoms with Crippen LogP contribution in [0.15, 0.2) is 36.4 Å². The number of Topliss-reactive ketones (excluding diaryl/α,β-unsaturated/α-hetero) is 1. The molecule has 0 spiro atoms. The molecule has 0 aromatic heterocycles. The Balaban J connectivity index is 2.46. The normalized spacial score (nSPS) is 11.8. The maximum absolute atomic E-state index is 12.7. The number of carbonyl (C=O) groups is 1. The van der Waals surface area contributed by atoms with E-state index in [1.165, 1.54) is 0 Å². The van der Waals surface area contributed by atoms with Crippen LogP contribution in [-0.2, 0) is 0 Å². The van der Waals surface area contributed by atoms with Crippen molar-refractivity contribution in [3.63, 3.8) is 0 Å². The third kappa shape index (κ3) is 2.99. The number of halogens is 1. The van der Waals surface area contributed by atoms with Crippen LogP contribution < -0.4 is 0 Å². The Labute approximate surface area is 130 Å². The molecule has 1 unspecified atom stereocenters. The quantitative estimate of drug-likeness (QED) is 0.767. The fourth-order valence-electron chi connectivity index (χ4n) is 2.26. The first-order chi connectivity index (χ1) is 9.95. The van der Waals surface area contributed by atoms with Gasteiger partial charge in [0.1, 0.15) is 5.92 Å². The number of hydrogen-bond acceptors (Lipinski definition) is 2. The van der Waals surface area contributed by atoms with Crippen LogP contribution in [0.3, 0.4) is 0 Å². The minimum atomic E-state index is -0.804. The minimum Gasteiger partial charge on any atom is -0.292 e. The van der Waals surface area contributed by atoms with Crippen LogP contribution >= 0.6 is 11.6 Å². The number of aryl methyl sites for hydroxylation is 2.